The van der Waals surface area contributed by atoms with E-state index >= 15 is 0 Å². The van der Waals surface area contributed by atoms with Crippen LogP contribution in [0.25, 0.3) is 0 Å². The van der Waals surface area contributed by atoms with Crippen LogP contribution in [-0.4, -0.2) is 22.9 Å². The molecular weight excluding hydrogens is 128 g/mol. The van der Waals surface area contributed by atoms with Crippen LogP contribution in [-0.2, 0) is 0 Å². The summed E-state index contributed by atoms with van der Waals surface area (Å²) in [6.07, 6.45) is 1.84. The van der Waals surface area contributed by atoms with Gasteiger partial charge < -0.3 is 10.2 Å². The zero-order chi connectivity index (χ0) is 7.98. The first-order chi connectivity index (χ1) is 4.70. The summed E-state index contributed by atoms with van der Waals surface area (Å²) in [7, 11) is 0. The highest BCUT2D eigenvalue weighted by Crippen LogP contribution is 2.07. The average molecular weight is 144 g/mol. The summed E-state index contributed by atoms with van der Waals surface area (Å²) in [5.41, 5.74) is 1.13. The third kappa shape index (κ3) is 4.53. The van der Waals surface area contributed by atoms with E-state index in [4.69, 9.17) is 10.2 Å². The summed E-state index contributed by atoms with van der Waals surface area (Å²) in [6, 6.07) is 0. The number of allylic oxidation sites excluding steroid dienone is 1. The molecule has 0 rings (SSSR count). The maximum atomic E-state index is 8.91. The van der Waals surface area contributed by atoms with Crippen molar-refractivity contribution in [2.75, 3.05) is 6.61 Å². The Kier molecular flexibility index (Phi) is 5.26. The van der Waals surface area contributed by atoms with Crippen LogP contribution in [0.3, 0.4) is 0 Å². The number of hydrogen-bond donors (Lipinski definition) is 2. The van der Waals surface area contributed by atoms with Gasteiger partial charge in [-0.2, -0.15) is 0 Å². The molecule has 0 aliphatic carbocycles. The molecule has 0 aliphatic rings. The molecule has 60 valence electrons. The molecule has 0 aromatic heterocycles. The summed E-state index contributed by atoms with van der Waals surface area (Å²) < 4.78 is 0. The molecule has 0 heterocycles. The Balaban J connectivity index is 3.26. The van der Waals surface area contributed by atoms with Crippen molar-refractivity contribution in [3.8, 4) is 0 Å². The second-order valence-corrected chi connectivity index (χ2v) is 2.48. The molecule has 0 aromatic rings. The van der Waals surface area contributed by atoms with E-state index in [1.807, 2.05) is 6.92 Å². The van der Waals surface area contributed by atoms with Crippen molar-refractivity contribution in [2.24, 2.45) is 0 Å². The highest BCUT2D eigenvalue weighted by atomic mass is 16.3. The maximum Gasteiger partial charge on any atom is 0.0774 e. The van der Waals surface area contributed by atoms with Crippen molar-refractivity contribution in [3.63, 3.8) is 0 Å². The van der Waals surface area contributed by atoms with Gasteiger partial charge in [0.05, 0.1) is 12.7 Å². The lowest BCUT2D eigenvalue weighted by Crippen LogP contribution is -2.11. The van der Waals surface area contributed by atoms with Crippen LogP contribution in [0.5, 0.6) is 0 Å². The standard InChI is InChI=1S/C8H16O2/c1-3-7(2)4-5-8(10)6-9/h8-10H,2-6H2,1H3. The lowest BCUT2D eigenvalue weighted by molar-refractivity contribution is 0.0884. The van der Waals surface area contributed by atoms with Crippen molar-refractivity contribution in [1.82, 2.24) is 0 Å². The van der Waals surface area contributed by atoms with Gasteiger partial charge in [0, 0.05) is 0 Å². The monoisotopic (exact) mass is 144 g/mol. The average Bonchev–Trinajstić information content (AvgIpc) is 1.99. The van der Waals surface area contributed by atoms with E-state index in [2.05, 4.69) is 6.58 Å². The van der Waals surface area contributed by atoms with Gasteiger partial charge in [-0.25, -0.2) is 0 Å². The largest absolute Gasteiger partial charge is 0.394 e. The van der Waals surface area contributed by atoms with Crippen LogP contribution in [0.15, 0.2) is 12.2 Å². The van der Waals surface area contributed by atoms with Gasteiger partial charge in [0.25, 0.3) is 0 Å². The molecule has 2 nitrogen and oxygen atoms in total. The summed E-state index contributed by atoms with van der Waals surface area (Å²) in [5.74, 6) is 0. The van der Waals surface area contributed by atoms with Crippen LogP contribution >= 0.6 is 0 Å². The highest BCUT2D eigenvalue weighted by molar-refractivity contribution is 4.92. The predicted molar refractivity (Wildman–Crippen MR) is 41.8 cm³/mol. The van der Waals surface area contributed by atoms with E-state index in [9.17, 15) is 0 Å². The number of hydrogen-bond acceptors (Lipinski definition) is 2. The number of aliphatic hydroxyl groups excluding tert-OH is 2. The molecule has 0 spiro atoms. The Morgan fingerprint density at radius 1 is 1.60 bits per heavy atom. The third-order valence-corrected chi connectivity index (χ3v) is 1.54. The number of rotatable bonds is 5. The molecule has 0 aromatic carbocycles. The zero-order valence-corrected chi connectivity index (χ0v) is 6.51. The lowest BCUT2D eigenvalue weighted by Gasteiger charge is -2.06. The lowest BCUT2D eigenvalue weighted by atomic mass is 10.1. The first-order valence-corrected chi connectivity index (χ1v) is 3.66. The number of aliphatic hydroxyl groups is 2. The fraction of sp³-hybridized carbons (Fsp3) is 0.750. The minimum Gasteiger partial charge on any atom is -0.394 e. The first kappa shape index (κ1) is 9.66. The Morgan fingerprint density at radius 2 is 2.20 bits per heavy atom. The minimum atomic E-state index is -0.566. The van der Waals surface area contributed by atoms with Crippen molar-refractivity contribution >= 4 is 0 Å². The minimum absolute atomic E-state index is 0.142. The van der Waals surface area contributed by atoms with Gasteiger partial charge in [-0.3, -0.25) is 0 Å². The quantitative estimate of drug-likeness (QED) is 0.567. The molecule has 10 heavy (non-hydrogen) atoms. The van der Waals surface area contributed by atoms with Crippen LogP contribution in [0.4, 0.5) is 0 Å². The van der Waals surface area contributed by atoms with E-state index < -0.39 is 6.10 Å². The van der Waals surface area contributed by atoms with Crippen LogP contribution in [0.2, 0.25) is 0 Å². The van der Waals surface area contributed by atoms with Crippen LogP contribution < -0.4 is 0 Å². The molecule has 0 radical (unpaired) electrons. The van der Waals surface area contributed by atoms with E-state index in [0.717, 1.165) is 18.4 Å². The smallest absolute Gasteiger partial charge is 0.0774 e. The molecule has 0 bridgehead atoms. The van der Waals surface area contributed by atoms with E-state index in [1.54, 1.807) is 0 Å². The molecule has 0 fully saturated rings. The molecule has 2 heteroatoms. The van der Waals surface area contributed by atoms with E-state index in [1.165, 1.54) is 0 Å². The fourth-order valence-electron chi connectivity index (χ4n) is 0.639. The predicted octanol–water partition coefficient (Wildman–Crippen LogP) is 1.09. The molecule has 1 unspecified atom stereocenters. The van der Waals surface area contributed by atoms with Gasteiger partial charge in [-0.15, -0.1) is 0 Å². The van der Waals surface area contributed by atoms with Gasteiger partial charge >= 0.3 is 0 Å². The second kappa shape index (κ2) is 5.45. The van der Waals surface area contributed by atoms with Crippen molar-refractivity contribution in [3.05, 3.63) is 12.2 Å². The van der Waals surface area contributed by atoms with Gasteiger partial charge in [0.15, 0.2) is 0 Å². The Hall–Kier alpha value is -0.340. The van der Waals surface area contributed by atoms with Gasteiger partial charge in [-0.1, -0.05) is 19.1 Å². The molecular formula is C8H16O2. The second-order valence-electron chi connectivity index (χ2n) is 2.48. The van der Waals surface area contributed by atoms with Crippen molar-refractivity contribution in [2.45, 2.75) is 32.3 Å². The maximum absolute atomic E-state index is 8.91. The van der Waals surface area contributed by atoms with Gasteiger partial charge in [-0.05, 0) is 19.3 Å². The Labute approximate surface area is 62.2 Å². The Morgan fingerprint density at radius 3 is 2.60 bits per heavy atom. The summed E-state index contributed by atoms with van der Waals surface area (Å²) >= 11 is 0. The Bertz CT molecular complexity index is 99.4. The zero-order valence-electron chi connectivity index (χ0n) is 6.51. The molecule has 0 amide bonds. The van der Waals surface area contributed by atoms with E-state index in [-0.39, 0.29) is 6.61 Å². The SMILES string of the molecule is C=C(CC)CCC(O)CO. The molecule has 0 saturated heterocycles. The summed E-state index contributed by atoms with van der Waals surface area (Å²) in [4.78, 5) is 0. The molecule has 0 saturated carbocycles. The topological polar surface area (TPSA) is 40.5 Å². The van der Waals surface area contributed by atoms with Crippen molar-refractivity contribution in [1.29, 1.82) is 0 Å². The summed E-state index contributed by atoms with van der Waals surface area (Å²) in [5, 5.41) is 17.4. The molecule has 0 aliphatic heterocycles. The summed E-state index contributed by atoms with van der Waals surface area (Å²) in [6.45, 7) is 5.68. The van der Waals surface area contributed by atoms with Gasteiger partial charge in [0.1, 0.15) is 0 Å². The van der Waals surface area contributed by atoms with Crippen molar-refractivity contribution < 1.29 is 10.2 Å². The molecule has 2 N–H and O–H groups in total. The normalized spacial score (nSPS) is 13.1. The fourth-order valence-corrected chi connectivity index (χ4v) is 0.639. The van der Waals surface area contributed by atoms with Crippen LogP contribution in [0.1, 0.15) is 26.2 Å². The van der Waals surface area contributed by atoms with Crippen LogP contribution in [0, 0.1) is 0 Å². The highest BCUT2D eigenvalue weighted by Gasteiger charge is 2.01. The molecule has 1 atom stereocenters. The van der Waals surface area contributed by atoms with E-state index in [0.29, 0.717) is 6.42 Å². The van der Waals surface area contributed by atoms with Gasteiger partial charge in [0.2, 0.25) is 0 Å². The third-order valence-electron chi connectivity index (χ3n) is 1.54. The first-order valence-electron chi connectivity index (χ1n) is 3.66.